The van der Waals surface area contributed by atoms with Gasteiger partial charge in [-0.25, -0.2) is 13.8 Å². The van der Waals surface area contributed by atoms with Gasteiger partial charge in [0.2, 0.25) is 0 Å². The highest BCUT2D eigenvalue weighted by Gasteiger charge is 2.40. The second kappa shape index (κ2) is 12.7. The van der Waals surface area contributed by atoms with Crippen molar-refractivity contribution in [3.63, 3.8) is 0 Å². The number of anilines is 1. The predicted octanol–water partition coefficient (Wildman–Crippen LogP) is 3.81. The minimum atomic E-state index is -4.90. The van der Waals surface area contributed by atoms with Gasteiger partial charge in [-0.05, 0) is 45.2 Å². The van der Waals surface area contributed by atoms with E-state index in [-0.39, 0.29) is 24.5 Å². The highest BCUT2D eigenvalue weighted by molar-refractivity contribution is 6.06. The molecule has 0 saturated carbocycles. The Morgan fingerprint density at radius 1 is 1.35 bits per heavy atom. The maximum absolute atomic E-state index is 14.9. The van der Waals surface area contributed by atoms with Gasteiger partial charge in [-0.1, -0.05) is 0 Å². The summed E-state index contributed by atoms with van der Waals surface area (Å²) in [4.78, 5) is 20.5. The first-order valence-corrected chi connectivity index (χ1v) is 10.9. The van der Waals surface area contributed by atoms with E-state index in [0.717, 1.165) is 30.5 Å². The maximum Gasteiger partial charge on any atom is 0.572 e. The summed E-state index contributed by atoms with van der Waals surface area (Å²) in [6, 6.07) is 2.06. The number of nitrogens with one attached hydrogen (secondary N) is 2. The van der Waals surface area contributed by atoms with Crippen molar-refractivity contribution < 1.29 is 46.1 Å². The number of halogens is 5. The standard InChI is InChI=1S/C23H27F5N4O5/c1-5-30-11-16(25)14(20(33)32-18-9-7-15(24)19(31-18)21(34)29-3)12-36-17-8-6-13(37-23(26,27)28)10-22(17,2)35-4/h6-9,11,21,29,34H,5,10,12H2,1-4H3,(H,31,32,33)/b16-14-,30-11-. The lowest BCUT2D eigenvalue weighted by molar-refractivity contribution is -0.308. The van der Waals surface area contributed by atoms with Crippen molar-refractivity contribution in [3.05, 3.63) is 58.7 Å². The van der Waals surface area contributed by atoms with Crippen molar-refractivity contribution >= 4 is 17.9 Å². The Morgan fingerprint density at radius 3 is 2.65 bits per heavy atom. The summed E-state index contributed by atoms with van der Waals surface area (Å²) < 4.78 is 81.5. The second-order valence-corrected chi connectivity index (χ2v) is 7.78. The van der Waals surface area contributed by atoms with Crippen LogP contribution in [0, 0.1) is 5.82 Å². The van der Waals surface area contributed by atoms with Gasteiger partial charge in [0, 0.05) is 20.1 Å². The van der Waals surface area contributed by atoms with Crippen LogP contribution in [0.4, 0.5) is 27.8 Å². The number of carbonyl (C=O) groups excluding carboxylic acids is 1. The van der Waals surface area contributed by atoms with Crippen LogP contribution >= 0.6 is 0 Å². The molecule has 0 saturated heterocycles. The number of nitrogens with zero attached hydrogens (tertiary/aromatic N) is 2. The molecule has 0 radical (unpaired) electrons. The molecule has 14 heteroatoms. The zero-order valence-electron chi connectivity index (χ0n) is 20.4. The number of hydrogen-bond donors (Lipinski definition) is 3. The summed E-state index contributed by atoms with van der Waals surface area (Å²) in [5.41, 5.74) is -2.36. The van der Waals surface area contributed by atoms with Gasteiger partial charge in [-0.3, -0.25) is 15.1 Å². The molecule has 2 unspecified atom stereocenters. The highest BCUT2D eigenvalue weighted by Crippen LogP contribution is 2.36. The molecule has 0 spiro atoms. The topological polar surface area (TPSA) is 114 Å². The van der Waals surface area contributed by atoms with E-state index in [0.29, 0.717) is 0 Å². The zero-order valence-corrected chi connectivity index (χ0v) is 20.4. The average Bonchev–Trinajstić information content (AvgIpc) is 2.83. The van der Waals surface area contributed by atoms with E-state index in [1.54, 1.807) is 6.92 Å². The third kappa shape index (κ3) is 8.33. The molecule has 2 atom stereocenters. The van der Waals surface area contributed by atoms with Crippen LogP contribution in [0.5, 0.6) is 0 Å². The van der Waals surface area contributed by atoms with Crippen LogP contribution in [0.3, 0.4) is 0 Å². The molecule has 2 rings (SSSR count). The van der Waals surface area contributed by atoms with E-state index in [9.17, 15) is 31.9 Å². The quantitative estimate of drug-likeness (QED) is 0.171. The van der Waals surface area contributed by atoms with Crippen molar-refractivity contribution in [1.29, 1.82) is 0 Å². The summed E-state index contributed by atoms with van der Waals surface area (Å²) in [5, 5.41) is 14.5. The fourth-order valence-electron chi connectivity index (χ4n) is 3.11. The maximum atomic E-state index is 14.9. The molecule has 1 amide bonds. The van der Waals surface area contributed by atoms with Crippen LogP contribution in [0.25, 0.3) is 0 Å². The van der Waals surface area contributed by atoms with Gasteiger partial charge in [0.05, 0.1) is 11.8 Å². The summed E-state index contributed by atoms with van der Waals surface area (Å²) >= 11 is 0. The van der Waals surface area contributed by atoms with Gasteiger partial charge in [-0.15, -0.1) is 13.2 Å². The Kier molecular flexibility index (Phi) is 10.3. The minimum Gasteiger partial charge on any atom is -0.490 e. The Hall–Kier alpha value is -3.36. The van der Waals surface area contributed by atoms with Gasteiger partial charge >= 0.3 is 6.36 Å². The van der Waals surface area contributed by atoms with Gasteiger partial charge in [0.25, 0.3) is 5.91 Å². The van der Waals surface area contributed by atoms with Crippen molar-refractivity contribution in [2.45, 2.75) is 38.5 Å². The molecule has 3 N–H and O–H groups in total. The van der Waals surface area contributed by atoms with Crippen LogP contribution in [0.15, 0.2) is 52.2 Å². The number of rotatable bonds is 11. The summed E-state index contributed by atoms with van der Waals surface area (Å²) in [7, 11) is 2.60. The number of ether oxygens (including phenoxy) is 3. The van der Waals surface area contributed by atoms with Crippen LogP contribution < -0.4 is 10.6 Å². The van der Waals surface area contributed by atoms with Crippen molar-refractivity contribution in [2.24, 2.45) is 4.99 Å². The monoisotopic (exact) mass is 534 g/mol. The number of aliphatic imine (C=N–C) groups is 1. The zero-order chi connectivity index (χ0) is 27.8. The van der Waals surface area contributed by atoms with Crippen LogP contribution in [0.2, 0.25) is 0 Å². The smallest absolute Gasteiger partial charge is 0.490 e. The molecule has 204 valence electrons. The molecule has 37 heavy (non-hydrogen) atoms. The number of aliphatic hydroxyl groups is 1. The first-order valence-electron chi connectivity index (χ1n) is 10.9. The summed E-state index contributed by atoms with van der Waals surface area (Å²) in [6.45, 7) is 2.62. The Morgan fingerprint density at radius 2 is 2.05 bits per heavy atom. The molecular weight excluding hydrogens is 507 g/mol. The average molecular weight is 534 g/mol. The Labute approximate surface area is 209 Å². The number of pyridine rings is 1. The SMILES string of the molecule is CC/N=C\C(F)=C(/COC1=CC=C(OC(F)(F)F)CC1(C)OC)C(=O)Nc1ccc(F)c(C(O)NC)n1. The largest absolute Gasteiger partial charge is 0.572 e. The van der Waals surface area contributed by atoms with Gasteiger partial charge in [0.1, 0.15) is 41.1 Å². The lowest BCUT2D eigenvalue weighted by Gasteiger charge is -2.33. The number of alkyl halides is 3. The number of allylic oxidation sites excluding steroid dienone is 3. The lowest BCUT2D eigenvalue weighted by atomic mass is 9.93. The Balaban J connectivity index is 2.31. The van der Waals surface area contributed by atoms with E-state index in [4.69, 9.17) is 9.47 Å². The number of methoxy groups -OCH3 is 1. The van der Waals surface area contributed by atoms with Gasteiger partial charge < -0.3 is 24.6 Å². The van der Waals surface area contributed by atoms with Gasteiger partial charge in [-0.2, -0.15) is 0 Å². The molecule has 0 bridgehead atoms. The van der Waals surface area contributed by atoms with Gasteiger partial charge in [0.15, 0.2) is 12.1 Å². The summed E-state index contributed by atoms with van der Waals surface area (Å²) in [5.74, 6) is -3.52. The fourth-order valence-corrected chi connectivity index (χ4v) is 3.11. The molecule has 1 aromatic rings. The Bertz CT molecular complexity index is 1100. The first-order chi connectivity index (χ1) is 17.3. The molecule has 0 aliphatic heterocycles. The van der Waals surface area contributed by atoms with E-state index >= 15 is 0 Å². The molecule has 1 aliphatic rings. The van der Waals surface area contributed by atoms with E-state index < -0.39 is 59.4 Å². The van der Waals surface area contributed by atoms with E-state index in [1.165, 1.54) is 21.1 Å². The highest BCUT2D eigenvalue weighted by atomic mass is 19.4. The van der Waals surface area contributed by atoms with Crippen molar-refractivity contribution in [1.82, 2.24) is 10.3 Å². The lowest BCUT2D eigenvalue weighted by Crippen LogP contribution is -2.35. The number of aromatic nitrogens is 1. The van der Waals surface area contributed by atoms with Crippen molar-refractivity contribution in [2.75, 3.05) is 32.6 Å². The van der Waals surface area contributed by atoms with Crippen LogP contribution in [-0.4, -0.2) is 61.5 Å². The predicted molar refractivity (Wildman–Crippen MR) is 123 cm³/mol. The van der Waals surface area contributed by atoms with E-state index in [1.807, 2.05) is 0 Å². The second-order valence-electron chi connectivity index (χ2n) is 7.78. The fraction of sp³-hybridized carbons (Fsp3) is 0.435. The third-order valence-corrected chi connectivity index (χ3v) is 5.12. The molecule has 9 nitrogen and oxygen atoms in total. The number of aliphatic hydroxyl groups excluding tert-OH is 1. The third-order valence-electron chi connectivity index (χ3n) is 5.12. The molecule has 0 aromatic carbocycles. The van der Waals surface area contributed by atoms with E-state index in [2.05, 4.69) is 25.3 Å². The number of hydrogen-bond acceptors (Lipinski definition) is 8. The number of carbonyl (C=O) groups is 1. The normalized spacial score (nSPS) is 19.6. The molecular formula is C23H27F5N4O5. The molecule has 1 aromatic heterocycles. The van der Waals surface area contributed by atoms with Crippen LogP contribution in [-0.2, 0) is 19.0 Å². The van der Waals surface area contributed by atoms with Crippen molar-refractivity contribution in [3.8, 4) is 0 Å². The first kappa shape index (κ1) is 29.9. The minimum absolute atomic E-state index is 0.00870. The van der Waals surface area contributed by atoms with Crippen LogP contribution in [0.1, 0.15) is 32.2 Å². The summed E-state index contributed by atoms with van der Waals surface area (Å²) in [6.07, 6.45) is -3.72. The number of amides is 1. The molecule has 1 aliphatic carbocycles. The molecule has 0 fully saturated rings. The molecule has 1 heterocycles.